The first-order valence-corrected chi connectivity index (χ1v) is 13.8. The third-order valence-corrected chi connectivity index (χ3v) is 7.66. The summed E-state index contributed by atoms with van der Waals surface area (Å²) in [7, 11) is -7.68. The fourth-order valence-corrected chi connectivity index (χ4v) is 5.21. The summed E-state index contributed by atoms with van der Waals surface area (Å²) in [6.07, 6.45) is -2.11. The Hall–Kier alpha value is -1.31. The maximum absolute atomic E-state index is 13.0. The number of aliphatic hydroxyl groups excluding tert-OH is 2. The number of primary sulfonamides is 1. The predicted molar refractivity (Wildman–Crippen MR) is 125 cm³/mol. The average molecular weight is 563 g/mol. The smallest absolute Gasteiger partial charge is 0.209 e. The highest BCUT2D eigenvalue weighted by atomic mass is 35.5. The van der Waals surface area contributed by atoms with Crippen LogP contribution in [0.1, 0.15) is 6.42 Å². The molecule has 2 aromatic carbocycles. The molecular weight excluding hydrogens is 541 g/mol. The van der Waals surface area contributed by atoms with E-state index in [9.17, 15) is 27.0 Å². The molecule has 184 valence electrons. The lowest BCUT2D eigenvalue weighted by Gasteiger charge is -2.14. The van der Waals surface area contributed by atoms with Gasteiger partial charge in [0.25, 0.3) is 0 Å². The van der Waals surface area contributed by atoms with Gasteiger partial charge in [-0.25, -0.2) is 22.0 Å². The first kappa shape index (κ1) is 27.9. The molecule has 0 fully saturated rings. The number of benzene rings is 2. The molecule has 0 heterocycles. The van der Waals surface area contributed by atoms with Crippen molar-refractivity contribution >= 4 is 54.7 Å². The van der Waals surface area contributed by atoms with Gasteiger partial charge in [0.1, 0.15) is 25.1 Å². The first-order chi connectivity index (χ1) is 15.3. The highest BCUT2D eigenvalue weighted by Crippen LogP contribution is 2.37. The molecule has 0 saturated carbocycles. The van der Waals surface area contributed by atoms with E-state index in [1.165, 1.54) is 36.4 Å². The van der Waals surface area contributed by atoms with E-state index < -0.39 is 37.8 Å². The Kier molecular flexibility index (Phi) is 10.1. The topological polar surface area (TPSA) is 153 Å². The largest absolute Gasteiger partial charge is 0.491 e. The van der Waals surface area contributed by atoms with Crippen LogP contribution in [0, 0.1) is 0 Å². The quantitative estimate of drug-likeness (QED) is 0.333. The maximum atomic E-state index is 13.0. The second kappa shape index (κ2) is 11.9. The fourth-order valence-electron chi connectivity index (χ4n) is 2.48. The molecule has 2 rings (SSSR count). The molecule has 0 radical (unpaired) electrons. The summed E-state index contributed by atoms with van der Waals surface area (Å²) in [5, 5.41) is 24.0. The molecule has 4 N–H and O–H groups in total. The zero-order valence-corrected chi connectivity index (χ0v) is 20.9. The lowest BCUT2D eigenvalue weighted by molar-refractivity contribution is 0.105. The highest BCUT2D eigenvalue weighted by Gasteiger charge is 2.22. The zero-order chi connectivity index (χ0) is 24.8. The van der Waals surface area contributed by atoms with Crippen molar-refractivity contribution in [1.82, 2.24) is 0 Å². The van der Waals surface area contributed by atoms with Gasteiger partial charge in [-0.1, -0.05) is 23.2 Å². The van der Waals surface area contributed by atoms with Gasteiger partial charge in [-0.3, -0.25) is 0 Å². The molecule has 0 aromatic heterocycles. The van der Waals surface area contributed by atoms with Gasteiger partial charge in [0.05, 0.1) is 37.6 Å². The monoisotopic (exact) mass is 561 g/mol. The van der Waals surface area contributed by atoms with Crippen molar-refractivity contribution in [3.8, 4) is 11.5 Å². The molecule has 9 nitrogen and oxygen atoms in total. The van der Waals surface area contributed by atoms with E-state index in [-0.39, 0.29) is 56.8 Å². The molecule has 2 atom stereocenters. The summed E-state index contributed by atoms with van der Waals surface area (Å²) >= 11 is 17.8. The first-order valence-electron chi connectivity index (χ1n) is 9.36. The molecule has 0 saturated heterocycles. The normalized spacial score (nSPS) is 14.0. The molecule has 33 heavy (non-hydrogen) atoms. The summed E-state index contributed by atoms with van der Waals surface area (Å²) in [6.45, 7) is -0.375. The van der Waals surface area contributed by atoms with Gasteiger partial charge in [-0.15, -0.1) is 11.6 Å². The summed E-state index contributed by atoms with van der Waals surface area (Å²) in [5.74, 6) is -0.167. The molecular formula is C19H22Cl3NO8S2. The van der Waals surface area contributed by atoms with Crippen molar-refractivity contribution in [3.05, 3.63) is 46.4 Å². The van der Waals surface area contributed by atoms with Crippen LogP contribution in [0.25, 0.3) is 0 Å². The van der Waals surface area contributed by atoms with E-state index in [2.05, 4.69) is 0 Å². The lowest BCUT2D eigenvalue weighted by Crippen LogP contribution is -2.24. The van der Waals surface area contributed by atoms with Gasteiger partial charge in [0.2, 0.25) is 19.9 Å². The van der Waals surface area contributed by atoms with Crippen LogP contribution in [0.5, 0.6) is 11.5 Å². The fraction of sp³-hybridized carbons (Fsp3) is 0.368. The number of alkyl halides is 1. The van der Waals surface area contributed by atoms with Gasteiger partial charge < -0.3 is 19.7 Å². The summed E-state index contributed by atoms with van der Waals surface area (Å²) in [4.78, 5) is -0.238. The standard InChI is InChI=1S/C19H22Cl3NO8S2/c20-9-13(25)11-31-19-17(21)7-16(8-18(19)22)33(28,29)15-3-1-14(2-4-15)30-10-12(24)5-6-32(23,26)27/h1-4,7-8,12-13,24-25H,5-6,9-11H2,(H2,23,26,27)/t12-,13-/m1/s1. The van der Waals surface area contributed by atoms with Crippen molar-refractivity contribution in [3.63, 3.8) is 0 Å². The highest BCUT2D eigenvalue weighted by molar-refractivity contribution is 7.91. The Morgan fingerprint density at radius 2 is 1.42 bits per heavy atom. The molecule has 0 aliphatic carbocycles. The van der Waals surface area contributed by atoms with Crippen molar-refractivity contribution in [2.45, 2.75) is 28.4 Å². The Bertz CT molecular complexity index is 1140. The summed E-state index contributed by atoms with van der Waals surface area (Å²) in [6, 6.07) is 7.71. The molecule has 0 aliphatic rings. The minimum atomic E-state index is -3.99. The van der Waals surface area contributed by atoms with Crippen LogP contribution < -0.4 is 14.6 Å². The van der Waals surface area contributed by atoms with Gasteiger partial charge in [-0.05, 0) is 42.8 Å². The van der Waals surface area contributed by atoms with Crippen LogP contribution in [0.4, 0.5) is 0 Å². The molecule has 0 bridgehead atoms. The number of hydrogen-bond donors (Lipinski definition) is 3. The second-order valence-corrected chi connectivity index (χ2v) is 11.7. The lowest BCUT2D eigenvalue weighted by atomic mass is 10.3. The summed E-state index contributed by atoms with van der Waals surface area (Å²) < 4.78 is 58.4. The molecule has 2 aromatic rings. The number of halogens is 3. The number of aliphatic hydroxyl groups is 2. The number of nitrogens with two attached hydrogens (primary N) is 1. The number of sulfone groups is 1. The molecule has 0 spiro atoms. The van der Waals surface area contributed by atoms with Crippen molar-refractivity contribution in [1.29, 1.82) is 0 Å². The van der Waals surface area contributed by atoms with E-state index in [4.69, 9.17) is 49.4 Å². The van der Waals surface area contributed by atoms with Crippen LogP contribution in [0.2, 0.25) is 10.0 Å². The SMILES string of the molecule is NS(=O)(=O)CC[C@@H](O)COc1ccc(S(=O)(=O)c2cc(Cl)c(OC[C@H](O)CCl)c(Cl)c2)cc1. The van der Waals surface area contributed by atoms with E-state index in [0.717, 1.165) is 0 Å². The number of rotatable bonds is 12. The summed E-state index contributed by atoms with van der Waals surface area (Å²) in [5.41, 5.74) is 0. The number of ether oxygens (including phenoxy) is 2. The van der Waals surface area contributed by atoms with Crippen molar-refractivity contribution < 1.29 is 36.5 Å². The minimum absolute atomic E-state index is 0.0196. The van der Waals surface area contributed by atoms with Crippen LogP contribution in [-0.2, 0) is 19.9 Å². The Morgan fingerprint density at radius 1 is 0.879 bits per heavy atom. The Morgan fingerprint density at radius 3 is 1.94 bits per heavy atom. The van der Waals surface area contributed by atoms with Crippen molar-refractivity contribution in [2.75, 3.05) is 24.8 Å². The Balaban J connectivity index is 2.11. The van der Waals surface area contributed by atoms with Crippen LogP contribution in [0.3, 0.4) is 0 Å². The van der Waals surface area contributed by atoms with Crippen LogP contribution >= 0.6 is 34.8 Å². The third-order valence-electron chi connectivity index (χ3n) is 4.19. The number of hydrogen-bond acceptors (Lipinski definition) is 8. The zero-order valence-electron chi connectivity index (χ0n) is 17.0. The van der Waals surface area contributed by atoms with Crippen molar-refractivity contribution in [2.24, 2.45) is 5.14 Å². The average Bonchev–Trinajstić information content (AvgIpc) is 2.75. The van der Waals surface area contributed by atoms with Gasteiger partial charge in [0.15, 0.2) is 5.75 Å². The van der Waals surface area contributed by atoms with E-state index in [1.807, 2.05) is 0 Å². The van der Waals surface area contributed by atoms with E-state index in [0.29, 0.717) is 0 Å². The van der Waals surface area contributed by atoms with Gasteiger partial charge >= 0.3 is 0 Å². The van der Waals surface area contributed by atoms with Gasteiger partial charge in [0, 0.05) is 0 Å². The molecule has 14 heteroatoms. The van der Waals surface area contributed by atoms with E-state index in [1.54, 1.807) is 0 Å². The van der Waals surface area contributed by atoms with Crippen LogP contribution in [0.15, 0.2) is 46.2 Å². The maximum Gasteiger partial charge on any atom is 0.209 e. The number of sulfonamides is 1. The van der Waals surface area contributed by atoms with Gasteiger partial charge in [-0.2, -0.15) is 0 Å². The van der Waals surface area contributed by atoms with Crippen LogP contribution in [-0.4, -0.2) is 64.1 Å². The molecule has 0 amide bonds. The van der Waals surface area contributed by atoms with E-state index >= 15 is 0 Å². The third kappa shape index (κ3) is 8.45. The Labute approximate surface area is 206 Å². The second-order valence-electron chi connectivity index (χ2n) is 6.93. The molecule has 0 aliphatic heterocycles. The minimum Gasteiger partial charge on any atom is -0.491 e. The molecule has 0 unspecified atom stereocenters. The predicted octanol–water partition coefficient (Wildman–Crippen LogP) is 2.22.